The summed E-state index contributed by atoms with van der Waals surface area (Å²) in [5, 5.41) is 23.7. The molecule has 2 amide bonds. The number of methoxy groups -OCH3 is 2. The molecular formula is C26H26N6O7S2. The van der Waals surface area contributed by atoms with Crippen LogP contribution in [0, 0.1) is 0 Å². The molecule has 6 unspecified atom stereocenters. The van der Waals surface area contributed by atoms with Crippen LogP contribution in [0.25, 0.3) is 0 Å². The number of amides is 2. The average Bonchev–Trinajstić information content (AvgIpc) is 2.97. The molecule has 6 atom stereocenters. The average molecular weight is 599 g/mol. The van der Waals surface area contributed by atoms with Crippen molar-refractivity contribution in [1.29, 1.82) is 0 Å². The molecule has 0 saturated carbocycles. The van der Waals surface area contributed by atoms with Crippen molar-refractivity contribution >= 4 is 39.6 Å². The van der Waals surface area contributed by atoms with Gasteiger partial charge in [-0.2, -0.15) is 20.5 Å². The summed E-state index contributed by atoms with van der Waals surface area (Å²) in [6, 6.07) is 9.98. The summed E-state index contributed by atoms with van der Waals surface area (Å²) in [6.45, 7) is 1.80. The van der Waals surface area contributed by atoms with Gasteiger partial charge in [0.1, 0.15) is 35.2 Å². The summed E-state index contributed by atoms with van der Waals surface area (Å²) in [6.07, 6.45) is 3.46. The molecule has 214 valence electrons. The van der Waals surface area contributed by atoms with Crippen molar-refractivity contribution in [3.05, 3.63) is 83.3 Å². The van der Waals surface area contributed by atoms with Crippen LogP contribution >= 0.6 is 0 Å². The third kappa shape index (κ3) is 5.61. The number of ether oxygens (including phenoxy) is 2. The smallest absolute Gasteiger partial charge is 0.316 e. The van der Waals surface area contributed by atoms with E-state index in [1.165, 1.54) is 38.5 Å². The van der Waals surface area contributed by atoms with E-state index in [0.717, 1.165) is 0 Å². The first-order chi connectivity index (χ1) is 19.6. The maximum atomic E-state index is 12.6. The van der Waals surface area contributed by atoms with Crippen molar-refractivity contribution in [3.63, 3.8) is 0 Å². The normalized spacial score (nSPS) is 27.0. The van der Waals surface area contributed by atoms with Crippen LogP contribution in [-0.4, -0.2) is 61.4 Å². The van der Waals surface area contributed by atoms with Gasteiger partial charge in [-0.1, -0.05) is 12.1 Å². The molecule has 1 fully saturated rings. The van der Waals surface area contributed by atoms with Gasteiger partial charge in [0.05, 0.1) is 35.4 Å². The van der Waals surface area contributed by atoms with E-state index in [1.54, 1.807) is 43.3 Å². The SMILES string of the molecule is COC1=CC(N=Nc2cccc(S(=O)O)c2)C2=C3C1NC(=O)NC3C(OC)=CC2(C)N=Nc1cccc(S(=O)O)c1. The number of rotatable bonds is 8. The third-order valence-corrected chi connectivity index (χ3v) is 8.13. The van der Waals surface area contributed by atoms with Crippen LogP contribution in [0.4, 0.5) is 16.2 Å². The van der Waals surface area contributed by atoms with Crippen LogP contribution in [-0.2, 0) is 31.6 Å². The minimum absolute atomic E-state index is 0.174. The summed E-state index contributed by atoms with van der Waals surface area (Å²) in [5.74, 6) is 0.869. The van der Waals surface area contributed by atoms with Gasteiger partial charge in [-0.3, -0.25) is 0 Å². The molecule has 0 bridgehead atoms. The lowest BCUT2D eigenvalue weighted by Crippen LogP contribution is -2.61. The number of nitrogens with one attached hydrogen (secondary N) is 2. The maximum Gasteiger partial charge on any atom is 0.316 e. The van der Waals surface area contributed by atoms with Crippen LogP contribution in [0.15, 0.2) is 114 Å². The summed E-state index contributed by atoms with van der Waals surface area (Å²) >= 11 is -4.38. The van der Waals surface area contributed by atoms with E-state index in [1.807, 2.05) is 0 Å². The van der Waals surface area contributed by atoms with Crippen LogP contribution in [0.2, 0.25) is 0 Å². The summed E-state index contributed by atoms with van der Waals surface area (Å²) in [7, 11) is 2.98. The highest BCUT2D eigenvalue weighted by molar-refractivity contribution is 7.79. The first kappa shape index (κ1) is 28.5. The predicted octanol–water partition coefficient (Wildman–Crippen LogP) is 4.28. The van der Waals surface area contributed by atoms with E-state index in [9.17, 15) is 22.3 Å². The number of carbonyl (C=O) groups is 1. The lowest BCUT2D eigenvalue weighted by atomic mass is 9.70. The zero-order valence-corrected chi connectivity index (χ0v) is 23.7. The molecule has 15 heteroatoms. The molecule has 0 radical (unpaired) electrons. The standard InChI is InChI=1S/C26H26N6O7S2/c1-26(32-30-15-7-5-9-17(11-15)41(36)37)13-20(39-3)24-21-22(26)18(12-19(38-2)23(21)27-25(33)28-24)31-29-14-6-4-8-16(10-14)40(34)35/h4-13,18,23-24H,1-3H3,(H,34,35)(H,36,37)(H2,27,28,33). The van der Waals surface area contributed by atoms with Crippen LogP contribution in [0.5, 0.6) is 0 Å². The van der Waals surface area contributed by atoms with Crippen LogP contribution in [0.3, 0.4) is 0 Å². The zero-order chi connectivity index (χ0) is 29.3. The predicted molar refractivity (Wildman–Crippen MR) is 149 cm³/mol. The number of nitrogens with zero attached hydrogens (tertiary/aromatic N) is 4. The van der Waals surface area contributed by atoms with E-state index in [4.69, 9.17) is 9.47 Å². The number of azo groups is 2. The lowest BCUT2D eigenvalue weighted by Gasteiger charge is -2.46. The molecule has 1 saturated heterocycles. The van der Waals surface area contributed by atoms with Crippen molar-refractivity contribution < 1.29 is 31.8 Å². The highest BCUT2D eigenvalue weighted by atomic mass is 32.2. The van der Waals surface area contributed by atoms with E-state index in [0.29, 0.717) is 34.0 Å². The second-order valence-corrected chi connectivity index (χ2v) is 11.3. The first-order valence-corrected chi connectivity index (χ1v) is 14.4. The molecule has 3 aliphatic rings. The van der Waals surface area contributed by atoms with Crippen LogP contribution < -0.4 is 10.6 Å². The first-order valence-electron chi connectivity index (χ1n) is 12.2. The Morgan fingerprint density at radius 3 is 2.00 bits per heavy atom. The molecule has 13 nitrogen and oxygen atoms in total. The van der Waals surface area contributed by atoms with Gasteiger partial charge >= 0.3 is 6.03 Å². The van der Waals surface area contributed by atoms with E-state index < -0.39 is 51.9 Å². The second kappa shape index (κ2) is 11.4. The molecule has 5 rings (SSSR count). The molecule has 2 aliphatic carbocycles. The van der Waals surface area contributed by atoms with Gasteiger partial charge < -0.3 is 29.2 Å². The molecule has 1 aliphatic heterocycles. The summed E-state index contributed by atoms with van der Waals surface area (Å²) in [5.41, 5.74) is 0.898. The number of hydrogen-bond acceptors (Lipinski definition) is 9. The van der Waals surface area contributed by atoms with Gasteiger partial charge in [-0.25, -0.2) is 13.2 Å². The van der Waals surface area contributed by atoms with Gasteiger partial charge in [0.2, 0.25) is 0 Å². The zero-order valence-electron chi connectivity index (χ0n) is 22.0. The largest absolute Gasteiger partial charge is 0.499 e. The lowest BCUT2D eigenvalue weighted by molar-refractivity contribution is 0.195. The maximum absolute atomic E-state index is 12.6. The molecule has 2 aromatic carbocycles. The third-order valence-electron chi connectivity index (χ3n) is 6.82. The molecule has 1 heterocycles. The van der Waals surface area contributed by atoms with Crippen molar-refractivity contribution in [2.24, 2.45) is 20.5 Å². The van der Waals surface area contributed by atoms with Crippen LogP contribution in [0.1, 0.15) is 6.92 Å². The fourth-order valence-electron chi connectivity index (χ4n) is 5.06. The molecule has 41 heavy (non-hydrogen) atoms. The Morgan fingerprint density at radius 1 is 0.878 bits per heavy atom. The fraction of sp³-hybridized carbons (Fsp3) is 0.269. The number of hydrogen-bond donors (Lipinski definition) is 4. The minimum Gasteiger partial charge on any atom is -0.499 e. The highest BCUT2D eigenvalue weighted by Gasteiger charge is 2.51. The van der Waals surface area contributed by atoms with E-state index in [-0.39, 0.29) is 9.79 Å². The Labute approximate surface area is 240 Å². The second-order valence-electron chi connectivity index (χ2n) is 9.38. The quantitative estimate of drug-likeness (QED) is 0.199. The number of benzene rings is 2. The van der Waals surface area contributed by atoms with Crippen molar-refractivity contribution in [3.8, 4) is 0 Å². The highest BCUT2D eigenvalue weighted by Crippen LogP contribution is 2.45. The van der Waals surface area contributed by atoms with Gasteiger partial charge in [0.15, 0.2) is 22.2 Å². The molecular weight excluding hydrogens is 572 g/mol. The van der Waals surface area contributed by atoms with E-state index in [2.05, 4.69) is 31.1 Å². The van der Waals surface area contributed by atoms with Gasteiger partial charge in [-0.05, 0) is 66.6 Å². The van der Waals surface area contributed by atoms with Crippen molar-refractivity contribution in [1.82, 2.24) is 10.6 Å². The Kier molecular flexibility index (Phi) is 7.95. The summed E-state index contributed by atoms with van der Waals surface area (Å²) < 4.78 is 53.4. The molecule has 0 aromatic heterocycles. The Morgan fingerprint density at radius 2 is 1.44 bits per heavy atom. The number of carbonyl (C=O) groups excluding carboxylic acids is 1. The van der Waals surface area contributed by atoms with Gasteiger partial charge in [-0.15, -0.1) is 0 Å². The van der Waals surface area contributed by atoms with Crippen molar-refractivity contribution in [2.45, 2.75) is 40.4 Å². The number of urea groups is 1. The monoisotopic (exact) mass is 598 g/mol. The van der Waals surface area contributed by atoms with Gasteiger partial charge in [0, 0.05) is 0 Å². The van der Waals surface area contributed by atoms with E-state index >= 15 is 0 Å². The minimum atomic E-state index is -2.19. The Hall–Kier alpha value is -4.05. The van der Waals surface area contributed by atoms with Crippen molar-refractivity contribution in [2.75, 3.05) is 14.2 Å². The molecule has 0 spiro atoms. The van der Waals surface area contributed by atoms with Gasteiger partial charge in [0.25, 0.3) is 0 Å². The Balaban J connectivity index is 1.64. The topological polar surface area (TPSA) is 184 Å². The molecule has 4 N–H and O–H groups in total. The summed E-state index contributed by atoms with van der Waals surface area (Å²) in [4.78, 5) is 12.9. The fourth-order valence-corrected chi connectivity index (χ4v) is 5.89. The Bertz CT molecular complexity index is 1590. The molecule has 2 aromatic rings.